The fourth-order valence-corrected chi connectivity index (χ4v) is 2.86. The summed E-state index contributed by atoms with van der Waals surface area (Å²) in [5.41, 5.74) is 6.45. The first-order chi connectivity index (χ1) is 9.65. The van der Waals surface area contributed by atoms with Crippen LogP contribution in [-0.4, -0.2) is 4.98 Å². The van der Waals surface area contributed by atoms with E-state index in [1.165, 1.54) is 41.5 Å². The van der Waals surface area contributed by atoms with Crippen LogP contribution >= 0.6 is 0 Å². The predicted molar refractivity (Wildman–Crippen MR) is 87.1 cm³/mol. The minimum Gasteiger partial charge on any atom is -0.256 e. The van der Waals surface area contributed by atoms with E-state index in [1.807, 2.05) is 6.20 Å². The third kappa shape index (κ3) is 3.27. The lowest BCUT2D eigenvalue weighted by Crippen LogP contribution is -2.01. The molecule has 1 atom stereocenters. The molecule has 0 amide bonds. The highest BCUT2D eigenvalue weighted by Crippen LogP contribution is 2.33. The fraction of sp³-hybridized carbons (Fsp3) is 0.421. The third-order valence-corrected chi connectivity index (χ3v) is 3.97. The standard InChI is InChI=1S/C19H25N/c1-5-7-16(6-2)17-9-8-14(3)12-18(17)19-13-15(4)10-11-20-19/h8-13,16H,5-7H2,1-4H3. The first-order valence-corrected chi connectivity index (χ1v) is 7.69. The van der Waals surface area contributed by atoms with Crippen LogP contribution in [0.1, 0.15) is 55.7 Å². The molecule has 0 bridgehead atoms. The van der Waals surface area contributed by atoms with Crippen molar-refractivity contribution < 1.29 is 0 Å². The number of aryl methyl sites for hydroxylation is 2. The van der Waals surface area contributed by atoms with E-state index in [9.17, 15) is 0 Å². The Morgan fingerprint density at radius 2 is 1.75 bits per heavy atom. The molecule has 0 radical (unpaired) electrons. The number of aromatic nitrogens is 1. The van der Waals surface area contributed by atoms with Gasteiger partial charge >= 0.3 is 0 Å². The number of hydrogen-bond acceptors (Lipinski definition) is 1. The number of rotatable bonds is 5. The van der Waals surface area contributed by atoms with E-state index in [4.69, 9.17) is 0 Å². The average Bonchev–Trinajstić information content (AvgIpc) is 2.45. The first-order valence-electron chi connectivity index (χ1n) is 7.69. The minimum atomic E-state index is 0.637. The molecule has 1 heterocycles. The maximum Gasteiger partial charge on any atom is 0.0707 e. The lowest BCUT2D eigenvalue weighted by atomic mass is 9.86. The van der Waals surface area contributed by atoms with Crippen molar-refractivity contribution in [2.45, 2.75) is 52.9 Å². The molecule has 1 aromatic heterocycles. The van der Waals surface area contributed by atoms with Gasteiger partial charge in [-0.1, -0.05) is 38.0 Å². The van der Waals surface area contributed by atoms with Crippen LogP contribution in [0.3, 0.4) is 0 Å². The Bertz CT molecular complexity index is 572. The summed E-state index contributed by atoms with van der Waals surface area (Å²) >= 11 is 0. The highest BCUT2D eigenvalue weighted by Gasteiger charge is 2.15. The van der Waals surface area contributed by atoms with Crippen LogP contribution in [0.15, 0.2) is 36.5 Å². The van der Waals surface area contributed by atoms with E-state index < -0.39 is 0 Å². The zero-order chi connectivity index (χ0) is 14.5. The molecule has 1 heteroatoms. The van der Waals surface area contributed by atoms with Crippen LogP contribution in [0.25, 0.3) is 11.3 Å². The lowest BCUT2D eigenvalue weighted by Gasteiger charge is -2.19. The van der Waals surface area contributed by atoms with Crippen molar-refractivity contribution in [2.24, 2.45) is 0 Å². The molecule has 0 spiro atoms. The number of benzene rings is 1. The maximum absolute atomic E-state index is 4.59. The molecule has 0 aliphatic heterocycles. The second kappa shape index (κ2) is 6.69. The molecular weight excluding hydrogens is 242 g/mol. The third-order valence-electron chi connectivity index (χ3n) is 3.97. The van der Waals surface area contributed by atoms with Gasteiger partial charge < -0.3 is 0 Å². The molecule has 0 fully saturated rings. The largest absolute Gasteiger partial charge is 0.256 e. The van der Waals surface area contributed by atoms with Gasteiger partial charge in [-0.25, -0.2) is 0 Å². The van der Waals surface area contributed by atoms with Crippen LogP contribution in [-0.2, 0) is 0 Å². The quantitative estimate of drug-likeness (QED) is 0.681. The summed E-state index contributed by atoms with van der Waals surface area (Å²) in [5, 5.41) is 0. The van der Waals surface area contributed by atoms with Gasteiger partial charge in [-0.05, 0) is 61.9 Å². The first kappa shape index (κ1) is 14.8. The van der Waals surface area contributed by atoms with Crippen LogP contribution in [0, 0.1) is 13.8 Å². The Morgan fingerprint density at radius 3 is 2.40 bits per heavy atom. The molecule has 0 saturated carbocycles. The van der Waals surface area contributed by atoms with E-state index in [0.717, 1.165) is 5.69 Å². The molecule has 1 nitrogen and oxygen atoms in total. The van der Waals surface area contributed by atoms with Gasteiger partial charge in [0.1, 0.15) is 0 Å². The summed E-state index contributed by atoms with van der Waals surface area (Å²) in [6, 6.07) is 11.1. The Kier molecular flexibility index (Phi) is 4.94. The molecule has 1 aromatic carbocycles. The monoisotopic (exact) mass is 267 g/mol. The summed E-state index contributed by atoms with van der Waals surface area (Å²) in [6.07, 6.45) is 5.58. The van der Waals surface area contributed by atoms with Crippen LogP contribution in [0.4, 0.5) is 0 Å². The smallest absolute Gasteiger partial charge is 0.0707 e. The zero-order valence-corrected chi connectivity index (χ0v) is 13.1. The SMILES string of the molecule is CCCC(CC)c1ccc(C)cc1-c1cc(C)ccn1. The fourth-order valence-electron chi connectivity index (χ4n) is 2.86. The minimum absolute atomic E-state index is 0.637. The van der Waals surface area contributed by atoms with Gasteiger partial charge in [0.05, 0.1) is 5.69 Å². The molecule has 20 heavy (non-hydrogen) atoms. The molecular formula is C19H25N. The molecule has 2 rings (SSSR count). The van der Waals surface area contributed by atoms with E-state index in [1.54, 1.807) is 0 Å². The highest BCUT2D eigenvalue weighted by molar-refractivity contribution is 5.66. The maximum atomic E-state index is 4.59. The Labute approximate surface area is 123 Å². The second-order valence-electron chi connectivity index (χ2n) is 5.70. The van der Waals surface area contributed by atoms with Crippen molar-refractivity contribution in [1.29, 1.82) is 0 Å². The van der Waals surface area contributed by atoms with E-state index in [2.05, 4.69) is 63.0 Å². The van der Waals surface area contributed by atoms with Crippen molar-refractivity contribution in [3.63, 3.8) is 0 Å². The normalized spacial score (nSPS) is 12.4. The number of nitrogens with zero attached hydrogens (tertiary/aromatic N) is 1. The summed E-state index contributed by atoms with van der Waals surface area (Å²) in [7, 11) is 0. The van der Waals surface area contributed by atoms with Crippen molar-refractivity contribution in [2.75, 3.05) is 0 Å². The number of hydrogen-bond donors (Lipinski definition) is 0. The van der Waals surface area contributed by atoms with Crippen LogP contribution < -0.4 is 0 Å². The molecule has 106 valence electrons. The summed E-state index contributed by atoms with van der Waals surface area (Å²) in [6.45, 7) is 8.84. The molecule has 1 unspecified atom stereocenters. The average molecular weight is 267 g/mol. The van der Waals surface area contributed by atoms with Gasteiger partial charge in [0.25, 0.3) is 0 Å². The molecule has 0 saturated heterocycles. The van der Waals surface area contributed by atoms with Gasteiger partial charge in [-0.15, -0.1) is 0 Å². The lowest BCUT2D eigenvalue weighted by molar-refractivity contribution is 0.597. The molecule has 2 aromatic rings. The van der Waals surface area contributed by atoms with Crippen molar-refractivity contribution in [3.8, 4) is 11.3 Å². The van der Waals surface area contributed by atoms with Crippen molar-refractivity contribution in [3.05, 3.63) is 53.2 Å². The van der Waals surface area contributed by atoms with Gasteiger partial charge in [0.2, 0.25) is 0 Å². The van der Waals surface area contributed by atoms with Crippen LogP contribution in [0.2, 0.25) is 0 Å². The molecule has 0 N–H and O–H groups in total. The van der Waals surface area contributed by atoms with Gasteiger partial charge in [-0.2, -0.15) is 0 Å². The van der Waals surface area contributed by atoms with Crippen LogP contribution in [0.5, 0.6) is 0 Å². The topological polar surface area (TPSA) is 12.9 Å². The summed E-state index contributed by atoms with van der Waals surface area (Å²) < 4.78 is 0. The molecule has 0 aliphatic carbocycles. The van der Waals surface area contributed by atoms with E-state index in [0.29, 0.717) is 5.92 Å². The number of pyridine rings is 1. The zero-order valence-electron chi connectivity index (χ0n) is 13.1. The van der Waals surface area contributed by atoms with Gasteiger partial charge in [0, 0.05) is 11.8 Å². The summed E-state index contributed by atoms with van der Waals surface area (Å²) in [5.74, 6) is 0.637. The van der Waals surface area contributed by atoms with E-state index >= 15 is 0 Å². The Hall–Kier alpha value is -1.63. The van der Waals surface area contributed by atoms with Gasteiger partial charge in [0.15, 0.2) is 0 Å². The van der Waals surface area contributed by atoms with E-state index in [-0.39, 0.29) is 0 Å². The van der Waals surface area contributed by atoms with Crippen molar-refractivity contribution >= 4 is 0 Å². The van der Waals surface area contributed by atoms with Crippen molar-refractivity contribution in [1.82, 2.24) is 4.98 Å². The highest BCUT2D eigenvalue weighted by atomic mass is 14.7. The predicted octanol–water partition coefficient (Wildman–Crippen LogP) is 5.66. The molecule has 0 aliphatic rings. The Balaban J connectivity index is 2.53. The summed E-state index contributed by atoms with van der Waals surface area (Å²) in [4.78, 5) is 4.59. The van der Waals surface area contributed by atoms with Gasteiger partial charge in [-0.3, -0.25) is 4.98 Å². The Morgan fingerprint density at radius 1 is 1.00 bits per heavy atom. The second-order valence-corrected chi connectivity index (χ2v) is 5.70.